The maximum Gasteiger partial charge on any atom is 0.169 e. The zero-order chi connectivity index (χ0) is 14.5. The number of benzene rings is 2. The number of ether oxygens (including phenoxy) is 2. The molecular formula is C15H12BrNO3. The van der Waals surface area contributed by atoms with Crippen molar-refractivity contribution in [3.63, 3.8) is 0 Å². The number of nitriles is 1. The Hall–Kier alpha value is -2.03. The van der Waals surface area contributed by atoms with E-state index in [0.717, 1.165) is 5.56 Å². The van der Waals surface area contributed by atoms with Crippen molar-refractivity contribution < 1.29 is 14.6 Å². The molecule has 5 heteroatoms. The number of nitrogens with zero attached hydrogens (tertiary/aromatic N) is 1. The maximum absolute atomic E-state index is 9.16. The third kappa shape index (κ3) is 2.93. The van der Waals surface area contributed by atoms with Crippen molar-refractivity contribution >= 4 is 15.9 Å². The lowest BCUT2D eigenvalue weighted by atomic mass is 10.2. The van der Waals surface area contributed by atoms with E-state index in [1.54, 1.807) is 36.4 Å². The van der Waals surface area contributed by atoms with Crippen LogP contribution in [-0.2, 0) is 6.61 Å². The Morgan fingerprint density at radius 3 is 2.65 bits per heavy atom. The summed E-state index contributed by atoms with van der Waals surface area (Å²) in [6.07, 6.45) is 0. The van der Waals surface area contributed by atoms with E-state index in [4.69, 9.17) is 19.8 Å². The lowest BCUT2D eigenvalue weighted by Crippen LogP contribution is -1.94. The molecule has 0 aromatic heterocycles. The molecule has 0 spiro atoms. The van der Waals surface area contributed by atoms with Crippen molar-refractivity contribution in [1.29, 1.82) is 5.26 Å². The van der Waals surface area contributed by atoms with Crippen LogP contribution in [0.25, 0.3) is 0 Å². The van der Waals surface area contributed by atoms with E-state index < -0.39 is 0 Å². The van der Waals surface area contributed by atoms with Gasteiger partial charge in [-0.05, 0) is 45.8 Å². The second-order valence-corrected chi connectivity index (χ2v) is 4.82. The van der Waals surface area contributed by atoms with Gasteiger partial charge in [0, 0.05) is 4.47 Å². The van der Waals surface area contributed by atoms with Crippen LogP contribution in [-0.4, -0.2) is 12.2 Å². The summed E-state index contributed by atoms with van der Waals surface area (Å²) in [4.78, 5) is 0. The molecule has 0 radical (unpaired) electrons. The van der Waals surface area contributed by atoms with Crippen molar-refractivity contribution in [1.82, 2.24) is 0 Å². The first-order chi connectivity index (χ1) is 9.69. The Kier molecular flexibility index (Phi) is 4.61. The lowest BCUT2D eigenvalue weighted by Gasteiger charge is -2.12. The SMILES string of the molecule is COc1cc(CO)ccc1Oc1cccc(Br)c1C#N. The van der Waals surface area contributed by atoms with Gasteiger partial charge in [0.1, 0.15) is 17.4 Å². The summed E-state index contributed by atoms with van der Waals surface area (Å²) in [5.41, 5.74) is 1.14. The fraction of sp³-hybridized carbons (Fsp3) is 0.133. The van der Waals surface area contributed by atoms with Crippen molar-refractivity contribution in [3.05, 3.63) is 52.0 Å². The van der Waals surface area contributed by atoms with E-state index in [1.165, 1.54) is 7.11 Å². The minimum atomic E-state index is -0.0724. The van der Waals surface area contributed by atoms with Crippen LogP contribution < -0.4 is 9.47 Å². The van der Waals surface area contributed by atoms with Crippen molar-refractivity contribution in [2.24, 2.45) is 0 Å². The zero-order valence-corrected chi connectivity index (χ0v) is 12.3. The lowest BCUT2D eigenvalue weighted by molar-refractivity contribution is 0.280. The highest BCUT2D eigenvalue weighted by Gasteiger charge is 2.11. The molecule has 0 bridgehead atoms. The van der Waals surface area contributed by atoms with Gasteiger partial charge in [-0.3, -0.25) is 0 Å². The minimum Gasteiger partial charge on any atom is -0.493 e. The summed E-state index contributed by atoms with van der Waals surface area (Å²) in [5.74, 6) is 1.43. The van der Waals surface area contributed by atoms with Gasteiger partial charge < -0.3 is 14.6 Å². The zero-order valence-electron chi connectivity index (χ0n) is 10.8. The van der Waals surface area contributed by atoms with Crippen LogP contribution in [0, 0.1) is 11.3 Å². The van der Waals surface area contributed by atoms with Gasteiger partial charge >= 0.3 is 0 Å². The number of hydrogen-bond donors (Lipinski definition) is 1. The van der Waals surface area contributed by atoms with Gasteiger partial charge in [0.2, 0.25) is 0 Å². The molecule has 0 atom stereocenters. The van der Waals surface area contributed by atoms with E-state index in [1.807, 2.05) is 0 Å². The summed E-state index contributed by atoms with van der Waals surface area (Å²) in [7, 11) is 1.52. The fourth-order valence-electron chi connectivity index (χ4n) is 1.71. The highest BCUT2D eigenvalue weighted by atomic mass is 79.9. The molecule has 2 aromatic carbocycles. The van der Waals surface area contributed by atoms with Crippen LogP contribution in [0.2, 0.25) is 0 Å². The van der Waals surface area contributed by atoms with Crippen LogP contribution in [0.1, 0.15) is 11.1 Å². The normalized spacial score (nSPS) is 9.90. The first kappa shape index (κ1) is 14.4. The van der Waals surface area contributed by atoms with Crippen LogP contribution >= 0.6 is 15.9 Å². The van der Waals surface area contributed by atoms with Gasteiger partial charge in [0.05, 0.1) is 13.7 Å². The first-order valence-corrected chi connectivity index (χ1v) is 6.63. The van der Waals surface area contributed by atoms with Crippen LogP contribution in [0.15, 0.2) is 40.9 Å². The predicted octanol–water partition coefficient (Wildman–Crippen LogP) is 3.61. The third-order valence-corrected chi connectivity index (χ3v) is 3.38. The topological polar surface area (TPSA) is 62.5 Å². The average molecular weight is 334 g/mol. The van der Waals surface area contributed by atoms with Crippen molar-refractivity contribution in [2.75, 3.05) is 7.11 Å². The first-order valence-electron chi connectivity index (χ1n) is 5.84. The standard InChI is InChI=1S/C15H12BrNO3/c1-19-15-7-10(9-18)5-6-14(15)20-13-4-2-3-12(16)11(13)8-17/h2-7,18H,9H2,1H3. The highest BCUT2D eigenvalue weighted by molar-refractivity contribution is 9.10. The summed E-state index contributed by atoms with van der Waals surface area (Å²) in [6.45, 7) is -0.0724. The molecule has 0 amide bonds. The second-order valence-electron chi connectivity index (χ2n) is 3.97. The van der Waals surface area contributed by atoms with Crippen molar-refractivity contribution in [2.45, 2.75) is 6.61 Å². The number of halogens is 1. The molecule has 2 rings (SSSR count). The third-order valence-electron chi connectivity index (χ3n) is 2.72. The predicted molar refractivity (Wildman–Crippen MR) is 77.8 cm³/mol. The molecule has 0 fully saturated rings. The summed E-state index contributed by atoms with van der Waals surface area (Å²) in [5, 5.41) is 18.3. The maximum atomic E-state index is 9.16. The Balaban J connectivity index is 2.40. The summed E-state index contributed by atoms with van der Waals surface area (Å²) >= 11 is 3.31. The molecule has 0 heterocycles. The molecular weight excluding hydrogens is 322 g/mol. The monoisotopic (exact) mass is 333 g/mol. The number of methoxy groups -OCH3 is 1. The number of rotatable bonds is 4. The molecule has 0 saturated heterocycles. The molecule has 0 aliphatic heterocycles. The molecule has 4 nitrogen and oxygen atoms in total. The molecule has 102 valence electrons. The van der Waals surface area contributed by atoms with Crippen LogP contribution in [0.5, 0.6) is 17.2 Å². The van der Waals surface area contributed by atoms with E-state index in [0.29, 0.717) is 27.3 Å². The Morgan fingerprint density at radius 1 is 1.20 bits per heavy atom. The van der Waals surface area contributed by atoms with Crippen LogP contribution in [0.3, 0.4) is 0 Å². The second kappa shape index (κ2) is 6.42. The van der Waals surface area contributed by atoms with Gasteiger partial charge in [0.25, 0.3) is 0 Å². The van der Waals surface area contributed by atoms with Gasteiger partial charge in [-0.25, -0.2) is 0 Å². The number of aliphatic hydroxyl groups is 1. The molecule has 1 N–H and O–H groups in total. The van der Waals surface area contributed by atoms with Gasteiger partial charge in [-0.15, -0.1) is 0 Å². The van der Waals surface area contributed by atoms with E-state index in [2.05, 4.69) is 22.0 Å². The molecule has 0 aliphatic rings. The average Bonchev–Trinajstić information content (AvgIpc) is 2.48. The molecule has 2 aromatic rings. The van der Waals surface area contributed by atoms with E-state index >= 15 is 0 Å². The summed E-state index contributed by atoms with van der Waals surface area (Å²) in [6, 6.07) is 12.5. The smallest absolute Gasteiger partial charge is 0.169 e. The molecule has 0 unspecified atom stereocenters. The Morgan fingerprint density at radius 2 is 2.00 bits per heavy atom. The fourth-order valence-corrected chi connectivity index (χ4v) is 2.15. The van der Waals surface area contributed by atoms with Gasteiger partial charge in [-0.2, -0.15) is 5.26 Å². The highest BCUT2D eigenvalue weighted by Crippen LogP contribution is 2.35. The van der Waals surface area contributed by atoms with E-state index in [-0.39, 0.29) is 6.61 Å². The molecule has 0 saturated carbocycles. The largest absolute Gasteiger partial charge is 0.493 e. The number of aliphatic hydroxyl groups excluding tert-OH is 1. The van der Waals surface area contributed by atoms with Crippen LogP contribution in [0.4, 0.5) is 0 Å². The van der Waals surface area contributed by atoms with Gasteiger partial charge in [0.15, 0.2) is 11.5 Å². The number of hydrogen-bond acceptors (Lipinski definition) is 4. The Bertz CT molecular complexity index is 665. The van der Waals surface area contributed by atoms with Crippen molar-refractivity contribution in [3.8, 4) is 23.3 Å². The van der Waals surface area contributed by atoms with Gasteiger partial charge in [-0.1, -0.05) is 12.1 Å². The Labute approximate surface area is 125 Å². The minimum absolute atomic E-state index is 0.0724. The molecule has 20 heavy (non-hydrogen) atoms. The van der Waals surface area contributed by atoms with E-state index in [9.17, 15) is 0 Å². The quantitative estimate of drug-likeness (QED) is 0.928. The molecule has 0 aliphatic carbocycles. The summed E-state index contributed by atoms with van der Waals surface area (Å²) < 4.78 is 11.6.